The molecule has 33 heavy (non-hydrogen) atoms. The van der Waals surface area contributed by atoms with Crippen LogP contribution in [0.5, 0.6) is 6.01 Å². The molecule has 1 aliphatic rings. The third-order valence-corrected chi connectivity index (χ3v) is 4.94. The van der Waals surface area contributed by atoms with Gasteiger partial charge in [-0.15, -0.1) is 0 Å². The normalized spacial score (nSPS) is 15.2. The largest absolute Gasteiger partial charge is 0.480 e. The summed E-state index contributed by atoms with van der Waals surface area (Å²) >= 11 is 0. The van der Waals surface area contributed by atoms with Crippen LogP contribution in [0.15, 0.2) is 35.1 Å². The van der Waals surface area contributed by atoms with E-state index in [9.17, 15) is 27.9 Å². The van der Waals surface area contributed by atoms with Crippen LogP contribution in [0, 0.1) is 0 Å². The van der Waals surface area contributed by atoms with Crippen molar-refractivity contribution in [2.45, 2.75) is 51.6 Å². The van der Waals surface area contributed by atoms with Crippen molar-refractivity contribution in [1.82, 2.24) is 14.5 Å². The number of rotatable bonds is 5. The van der Waals surface area contributed by atoms with E-state index in [1.807, 2.05) is 0 Å². The number of hydrogen-bond donors (Lipinski definition) is 1. The van der Waals surface area contributed by atoms with Gasteiger partial charge in [0.1, 0.15) is 12.2 Å². The maximum absolute atomic E-state index is 13.3. The van der Waals surface area contributed by atoms with Crippen molar-refractivity contribution < 1.29 is 32.5 Å². The Morgan fingerprint density at radius 1 is 1.21 bits per heavy atom. The molecule has 0 saturated heterocycles. The second-order valence-electron chi connectivity index (χ2n) is 8.72. The first kappa shape index (κ1) is 24.6. The monoisotopic (exact) mass is 469 g/mol. The fraction of sp³-hybridized carbons (Fsp3) is 0.500. The van der Waals surface area contributed by atoms with Gasteiger partial charge in [0.2, 0.25) is 0 Å². The van der Waals surface area contributed by atoms with E-state index in [0.717, 1.165) is 4.57 Å². The lowest BCUT2D eigenvalue weighted by Gasteiger charge is -2.31. The van der Waals surface area contributed by atoms with Gasteiger partial charge in [0.15, 0.2) is 0 Å². The van der Waals surface area contributed by atoms with Crippen LogP contribution < -0.4 is 5.56 Å². The third kappa shape index (κ3) is 6.25. The Kier molecular flexibility index (Phi) is 7.01. The molecule has 1 unspecified atom stereocenters. The van der Waals surface area contributed by atoms with E-state index in [1.54, 1.807) is 51.1 Å². The highest BCUT2D eigenvalue weighted by molar-refractivity contribution is 5.68. The molecule has 2 heterocycles. The summed E-state index contributed by atoms with van der Waals surface area (Å²) in [5.74, 6) is 0. The first-order chi connectivity index (χ1) is 15.4. The summed E-state index contributed by atoms with van der Waals surface area (Å²) in [4.78, 5) is 31.1. The van der Waals surface area contributed by atoms with E-state index in [1.165, 1.54) is 4.90 Å². The number of amides is 1. The molecule has 0 fully saturated rings. The van der Waals surface area contributed by atoms with E-state index in [0.29, 0.717) is 5.56 Å². The minimum Gasteiger partial charge on any atom is -0.480 e. The topological polar surface area (TPSA) is 93.9 Å². The van der Waals surface area contributed by atoms with Gasteiger partial charge in [-0.1, -0.05) is 30.3 Å². The number of benzene rings is 1. The van der Waals surface area contributed by atoms with E-state index in [-0.39, 0.29) is 30.8 Å². The predicted octanol–water partition coefficient (Wildman–Crippen LogP) is 3.41. The molecule has 1 atom stereocenters. The van der Waals surface area contributed by atoms with Gasteiger partial charge in [0, 0.05) is 12.1 Å². The number of carbonyl (C=O) groups is 1. The summed E-state index contributed by atoms with van der Waals surface area (Å²) in [5, 5.41) is 10.6. The first-order valence-corrected chi connectivity index (χ1v) is 10.4. The molecule has 0 bridgehead atoms. The second kappa shape index (κ2) is 9.42. The Bertz CT molecular complexity index is 1050. The molecule has 11 heteroatoms. The van der Waals surface area contributed by atoms with Crippen molar-refractivity contribution in [2.75, 3.05) is 19.8 Å². The molecule has 1 aromatic heterocycles. The molecule has 8 nitrogen and oxygen atoms in total. The van der Waals surface area contributed by atoms with Crippen molar-refractivity contribution in [1.29, 1.82) is 0 Å². The summed E-state index contributed by atoms with van der Waals surface area (Å²) < 4.78 is 48.9. The van der Waals surface area contributed by atoms with Crippen molar-refractivity contribution in [3.63, 3.8) is 0 Å². The van der Waals surface area contributed by atoms with E-state index >= 15 is 0 Å². The van der Waals surface area contributed by atoms with Crippen molar-refractivity contribution in [3.05, 3.63) is 57.5 Å². The molecule has 1 aromatic carbocycles. The van der Waals surface area contributed by atoms with Gasteiger partial charge >= 0.3 is 12.3 Å². The number of nitrogens with zero attached hydrogens (tertiary/aromatic N) is 3. The van der Waals surface area contributed by atoms with E-state index in [4.69, 9.17) is 9.47 Å². The summed E-state index contributed by atoms with van der Waals surface area (Å²) in [6.07, 6.45) is -4.94. The lowest BCUT2D eigenvalue weighted by molar-refractivity contribution is -0.175. The quantitative estimate of drug-likeness (QED) is 0.722. The average molecular weight is 469 g/mol. The smallest absolute Gasteiger partial charge is 0.411 e. The minimum atomic E-state index is -4.53. The number of alkyl halides is 3. The molecular weight excluding hydrogens is 443 g/mol. The second-order valence-corrected chi connectivity index (χ2v) is 8.72. The molecule has 2 aromatic rings. The summed E-state index contributed by atoms with van der Waals surface area (Å²) in [5.41, 5.74) is -0.315. The highest BCUT2D eigenvalue weighted by atomic mass is 19.4. The Labute approximate surface area is 188 Å². The van der Waals surface area contributed by atoms with Crippen LogP contribution in [-0.2, 0) is 22.4 Å². The van der Waals surface area contributed by atoms with Gasteiger partial charge < -0.3 is 19.5 Å². The van der Waals surface area contributed by atoms with Crippen LogP contribution in [0.3, 0.4) is 0 Å². The molecule has 0 saturated carbocycles. The lowest BCUT2D eigenvalue weighted by atomic mass is 10.0. The maximum atomic E-state index is 13.3. The number of aromatic hydroxyl groups is 1. The molecule has 1 amide bonds. The van der Waals surface area contributed by atoms with Crippen molar-refractivity contribution in [2.24, 2.45) is 0 Å². The maximum Gasteiger partial charge on any atom is 0.411 e. The van der Waals surface area contributed by atoms with Crippen LogP contribution >= 0.6 is 0 Å². The molecule has 0 radical (unpaired) electrons. The van der Waals surface area contributed by atoms with Crippen molar-refractivity contribution in [3.8, 4) is 6.01 Å². The zero-order chi connectivity index (χ0) is 24.4. The number of halogens is 3. The van der Waals surface area contributed by atoms with E-state index < -0.39 is 48.7 Å². The molecule has 180 valence electrons. The predicted molar refractivity (Wildman–Crippen MR) is 112 cm³/mol. The van der Waals surface area contributed by atoms with Crippen LogP contribution in [0.2, 0.25) is 0 Å². The minimum absolute atomic E-state index is 0.0333. The standard InChI is InChI=1S/C22H26F3N3O5/c1-21(2,3)33-20(31)27-10-9-15-16(11-27)26-19(30)28(18(15)29)17(12-32-13-22(23,24)25)14-7-5-4-6-8-14/h4-8,17H,9-13H2,1-3H3,(H,26,30). The Balaban J connectivity index is 1.93. The fourth-order valence-corrected chi connectivity index (χ4v) is 3.53. The lowest BCUT2D eigenvalue weighted by Crippen LogP contribution is -2.43. The van der Waals surface area contributed by atoms with E-state index in [2.05, 4.69) is 4.98 Å². The SMILES string of the molecule is CC(C)(C)OC(=O)N1CCc2c(nc(O)n(C(COCC(F)(F)F)c3ccccc3)c2=O)C1. The number of aromatic nitrogens is 2. The first-order valence-electron chi connectivity index (χ1n) is 10.4. The average Bonchev–Trinajstić information content (AvgIpc) is 2.70. The third-order valence-electron chi connectivity index (χ3n) is 4.94. The summed E-state index contributed by atoms with van der Waals surface area (Å²) in [6, 6.07) is 6.60. The zero-order valence-electron chi connectivity index (χ0n) is 18.6. The van der Waals surface area contributed by atoms with Crippen LogP contribution in [0.1, 0.15) is 43.6 Å². The molecule has 0 aliphatic carbocycles. The van der Waals surface area contributed by atoms with Gasteiger partial charge in [0.25, 0.3) is 11.6 Å². The highest BCUT2D eigenvalue weighted by Gasteiger charge is 2.32. The van der Waals surface area contributed by atoms with Crippen LogP contribution in [-0.4, -0.2) is 57.2 Å². The summed E-state index contributed by atoms with van der Waals surface area (Å²) in [6.45, 7) is 3.37. The number of carbonyl (C=O) groups excluding carboxylic acids is 1. The fourth-order valence-electron chi connectivity index (χ4n) is 3.53. The van der Waals surface area contributed by atoms with Crippen molar-refractivity contribution >= 4 is 6.09 Å². The Morgan fingerprint density at radius 2 is 1.88 bits per heavy atom. The van der Waals surface area contributed by atoms with Gasteiger partial charge in [-0.2, -0.15) is 18.2 Å². The number of fused-ring (bicyclic) bond motifs is 1. The molecule has 0 spiro atoms. The van der Waals surface area contributed by atoms with Gasteiger partial charge in [0.05, 0.1) is 24.9 Å². The zero-order valence-corrected chi connectivity index (χ0v) is 18.6. The summed E-state index contributed by atoms with van der Waals surface area (Å²) in [7, 11) is 0. The molecule has 1 N–H and O–H groups in total. The number of hydrogen-bond acceptors (Lipinski definition) is 6. The Hall–Kier alpha value is -3.08. The molecule has 3 rings (SSSR count). The van der Waals surface area contributed by atoms with Gasteiger partial charge in [-0.25, -0.2) is 4.79 Å². The van der Waals surface area contributed by atoms with Crippen LogP contribution in [0.4, 0.5) is 18.0 Å². The number of ether oxygens (including phenoxy) is 2. The van der Waals surface area contributed by atoms with Crippen LogP contribution in [0.25, 0.3) is 0 Å². The molecule has 1 aliphatic heterocycles. The molecular formula is C22H26F3N3O5. The van der Waals surface area contributed by atoms with Gasteiger partial charge in [-0.3, -0.25) is 9.36 Å². The van der Waals surface area contributed by atoms with Gasteiger partial charge in [-0.05, 0) is 32.8 Å². The highest BCUT2D eigenvalue weighted by Crippen LogP contribution is 2.26. The Morgan fingerprint density at radius 3 is 2.48 bits per heavy atom.